The molecule has 1 aliphatic rings. The number of rotatable bonds is 3. The zero-order valence-electron chi connectivity index (χ0n) is 8.23. The minimum atomic E-state index is -1.07. The third-order valence-corrected chi connectivity index (χ3v) is 2.28. The summed E-state index contributed by atoms with van der Waals surface area (Å²) in [6.45, 7) is 5.87. The summed E-state index contributed by atoms with van der Waals surface area (Å²) in [5, 5.41) is 3.27. The van der Waals surface area contributed by atoms with Gasteiger partial charge < -0.3 is 5.32 Å². The number of nitrogens with one attached hydrogen (secondary N) is 1. The van der Waals surface area contributed by atoms with Gasteiger partial charge in [-0.05, 0) is 33.9 Å². The van der Waals surface area contributed by atoms with E-state index in [-0.39, 0.29) is 0 Å². The minimum absolute atomic E-state index is 0.527. The lowest BCUT2D eigenvalue weighted by atomic mass is 10.1. The second-order valence-corrected chi connectivity index (χ2v) is 4.28. The lowest BCUT2D eigenvalue weighted by Crippen LogP contribution is -2.40. The van der Waals surface area contributed by atoms with Crippen molar-refractivity contribution in [2.75, 3.05) is 26.7 Å². The van der Waals surface area contributed by atoms with E-state index in [2.05, 4.69) is 10.2 Å². The van der Waals surface area contributed by atoms with E-state index >= 15 is 0 Å². The molecule has 72 valence electrons. The fourth-order valence-electron chi connectivity index (χ4n) is 1.74. The van der Waals surface area contributed by atoms with Crippen molar-refractivity contribution in [2.24, 2.45) is 0 Å². The summed E-state index contributed by atoms with van der Waals surface area (Å²) in [4.78, 5) is 2.11. The van der Waals surface area contributed by atoms with Crippen LogP contribution in [0.4, 0.5) is 4.39 Å². The summed E-state index contributed by atoms with van der Waals surface area (Å²) < 4.78 is 13.2. The molecule has 0 aromatic rings. The van der Waals surface area contributed by atoms with E-state index in [0.717, 1.165) is 19.5 Å². The number of halogens is 1. The van der Waals surface area contributed by atoms with E-state index in [1.54, 1.807) is 13.8 Å². The molecule has 0 amide bonds. The molecule has 12 heavy (non-hydrogen) atoms. The van der Waals surface area contributed by atoms with Gasteiger partial charge in [0.1, 0.15) is 5.67 Å². The third-order valence-electron chi connectivity index (χ3n) is 2.28. The van der Waals surface area contributed by atoms with Gasteiger partial charge in [-0.15, -0.1) is 0 Å². The van der Waals surface area contributed by atoms with Gasteiger partial charge >= 0.3 is 0 Å². The SMILES string of the molecule is CN(CC(C)(C)F)C1CCNC1. The van der Waals surface area contributed by atoms with Crippen LogP contribution in [0.3, 0.4) is 0 Å². The van der Waals surface area contributed by atoms with Gasteiger partial charge in [-0.1, -0.05) is 0 Å². The largest absolute Gasteiger partial charge is 0.315 e. The molecular formula is C9H19FN2. The van der Waals surface area contributed by atoms with Crippen molar-refractivity contribution >= 4 is 0 Å². The molecule has 1 fully saturated rings. The maximum Gasteiger partial charge on any atom is 0.118 e. The first-order valence-corrected chi connectivity index (χ1v) is 4.59. The molecule has 0 saturated carbocycles. The molecule has 1 heterocycles. The Morgan fingerprint density at radius 3 is 2.67 bits per heavy atom. The zero-order valence-corrected chi connectivity index (χ0v) is 8.23. The fourth-order valence-corrected chi connectivity index (χ4v) is 1.74. The highest BCUT2D eigenvalue weighted by Gasteiger charge is 2.25. The Morgan fingerprint density at radius 2 is 2.25 bits per heavy atom. The molecule has 0 aliphatic carbocycles. The van der Waals surface area contributed by atoms with Crippen molar-refractivity contribution in [3.8, 4) is 0 Å². The highest BCUT2D eigenvalue weighted by atomic mass is 19.1. The Kier molecular flexibility index (Phi) is 3.07. The molecule has 0 bridgehead atoms. The first-order valence-electron chi connectivity index (χ1n) is 4.59. The van der Waals surface area contributed by atoms with Crippen LogP contribution in [0.25, 0.3) is 0 Å². The van der Waals surface area contributed by atoms with Gasteiger partial charge in [0.25, 0.3) is 0 Å². The molecule has 1 N–H and O–H groups in total. The van der Waals surface area contributed by atoms with Gasteiger partial charge in [-0.3, -0.25) is 4.90 Å². The normalized spacial score (nSPS) is 25.2. The van der Waals surface area contributed by atoms with Crippen LogP contribution < -0.4 is 5.32 Å². The predicted molar refractivity (Wildman–Crippen MR) is 49.1 cm³/mol. The maximum absolute atomic E-state index is 13.2. The standard InChI is InChI=1S/C9H19FN2/c1-9(2,10)7-12(3)8-4-5-11-6-8/h8,11H,4-7H2,1-3H3. The van der Waals surface area contributed by atoms with Crippen LogP contribution >= 0.6 is 0 Å². The lowest BCUT2D eigenvalue weighted by Gasteiger charge is -2.28. The summed E-state index contributed by atoms with van der Waals surface area (Å²) in [5.74, 6) is 0. The second kappa shape index (κ2) is 3.71. The quantitative estimate of drug-likeness (QED) is 0.687. The van der Waals surface area contributed by atoms with Crippen molar-refractivity contribution < 1.29 is 4.39 Å². The second-order valence-electron chi connectivity index (χ2n) is 4.28. The Bertz CT molecular complexity index is 136. The number of hydrogen-bond donors (Lipinski definition) is 1. The number of nitrogens with zero attached hydrogens (tertiary/aromatic N) is 1. The van der Waals surface area contributed by atoms with Crippen LogP contribution in [0.1, 0.15) is 20.3 Å². The molecule has 1 rings (SSSR count). The van der Waals surface area contributed by atoms with Gasteiger partial charge in [0.05, 0.1) is 0 Å². The molecule has 2 nitrogen and oxygen atoms in total. The first kappa shape index (κ1) is 9.93. The molecule has 0 aromatic carbocycles. The van der Waals surface area contributed by atoms with Crippen LogP contribution in [0, 0.1) is 0 Å². The maximum atomic E-state index is 13.2. The number of alkyl halides is 1. The molecule has 3 heteroatoms. The molecule has 1 aliphatic heterocycles. The number of hydrogen-bond acceptors (Lipinski definition) is 2. The van der Waals surface area contributed by atoms with Crippen LogP contribution in [0.2, 0.25) is 0 Å². The van der Waals surface area contributed by atoms with Crippen LogP contribution in [0.15, 0.2) is 0 Å². The Hall–Kier alpha value is -0.150. The average molecular weight is 174 g/mol. The third kappa shape index (κ3) is 3.07. The highest BCUT2D eigenvalue weighted by Crippen LogP contribution is 2.14. The Labute approximate surface area is 74.1 Å². The van der Waals surface area contributed by atoms with Crippen molar-refractivity contribution in [2.45, 2.75) is 32.0 Å². The summed E-state index contributed by atoms with van der Waals surface area (Å²) in [6, 6.07) is 0.528. The highest BCUT2D eigenvalue weighted by molar-refractivity contribution is 4.82. The minimum Gasteiger partial charge on any atom is -0.315 e. The number of likely N-dealkylation sites (N-methyl/N-ethyl adjacent to an activating group) is 1. The van der Waals surface area contributed by atoms with Crippen molar-refractivity contribution in [3.05, 3.63) is 0 Å². The van der Waals surface area contributed by atoms with E-state index in [1.165, 1.54) is 0 Å². The van der Waals surface area contributed by atoms with Gasteiger partial charge in [0.15, 0.2) is 0 Å². The van der Waals surface area contributed by atoms with E-state index < -0.39 is 5.67 Å². The lowest BCUT2D eigenvalue weighted by molar-refractivity contribution is 0.120. The van der Waals surface area contributed by atoms with E-state index in [4.69, 9.17) is 0 Å². The topological polar surface area (TPSA) is 15.3 Å². The average Bonchev–Trinajstić information content (AvgIpc) is 2.32. The predicted octanol–water partition coefficient (Wildman–Crippen LogP) is 1.03. The van der Waals surface area contributed by atoms with Crippen LogP contribution in [-0.4, -0.2) is 43.3 Å². The molecule has 0 aromatic heterocycles. The molecule has 1 saturated heterocycles. The smallest absolute Gasteiger partial charge is 0.118 e. The summed E-state index contributed by atoms with van der Waals surface area (Å²) >= 11 is 0. The first-order chi connectivity index (χ1) is 5.49. The van der Waals surface area contributed by atoms with Gasteiger partial charge in [-0.2, -0.15) is 0 Å². The van der Waals surface area contributed by atoms with Crippen molar-refractivity contribution in [1.29, 1.82) is 0 Å². The van der Waals surface area contributed by atoms with E-state index in [1.807, 2.05) is 7.05 Å². The fraction of sp³-hybridized carbons (Fsp3) is 1.00. The van der Waals surface area contributed by atoms with Crippen molar-refractivity contribution in [3.63, 3.8) is 0 Å². The van der Waals surface area contributed by atoms with Crippen molar-refractivity contribution in [1.82, 2.24) is 10.2 Å². The molecular weight excluding hydrogens is 155 g/mol. The van der Waals surface area contributed by atoms with Gasteiger partial charge in [0.2, 0.25) is 0 Å². The van der Waals surface area contributed by atoms with E-state index in [9.17, 15) is 4.39 Å². The van der Waals surface area contributed by atoms with Gasteiger partial charge in [-0.25, -0.2) is 4.39 Å². The van der Waals surface area contributed by atoms with E-state index in [0.29, 0.717) is 12.6 Å². The Balaban J connectivity index is 2.31. The zero-order chi connectivity index (χ0) is 9.19. The monoisotopic (exact) mass is 174 g/mol. The molecule has 0 spiro atoms. The molecule has 1 unspecified atom stereocenters. The van der Waals surface area contributed by atoms with Crippen LogP contribution in [-0.2, 0) is 0 Å². The molecule has 1 atom stereocenters. The van der Waals surface area contributed by atoms with Crippen LogP contribution in [0.5, 0.6) is 0 Å². The Morgan fingerprint density at radius 1 is 1.58 bits per heavy atom. The summed E-state index contributed by atoms with van der Waals surface area (Å²) in [6.07, 6.45) is 1.15. The summed E-state index contributed by atoms with van der Waals surface area (Å²) in [7, 11) is 2.00. The molecule has 0 radical (unpaired) electrons. The summed E-state index contributed by atoms with van der Waals surface area (Å²) in [5.41, 5.74) is -1.07. The van der Waals surface area contributed by atoms with Gasteiger partial charge in [0, 0.05) is 19.1 Å².